The minimum absolute atomic E-state index is 0.0357. The van der Waals surface area contributed by atoms with Crippen LogP contribution in [0, 0.1) is 11.8 Å². The van der Waals surface area contributed by atoms with Crippen LogP contribution in [0.3, 0.4) is 0 Å². The Bertz CT molecular complexity index is 1700. The number of carbonyl (C=O) groups is 1. The number of hydrogen-bond acceptors (Lipinski definition) is 16. The topological polar surface area (TPSA) is 233 Å². The van der Waals surface area contributed by atoms with E-state index in [2.05, 4.69) is 0 Å². The van der Waals surface area contributed by atoms with Crippen LogP contribution in [-0.2, 0) is 20.6 Å². The fourth-order valence-electron chi connectivity index (χ4n) is 6.86. The van der Waals surface area contributed by atoms with E-state index in [9.17, 15) is 40.5 Å². The molecule has 1 heterocycles. The van der Waals surface area contributed by atoms with Gasteiger partial charge in [-0.15, -0.1) is 0 Å². The van der Waals surface area contributed by atoms with Gasteiger partial charge in [0.2, 0.25) is 11.5 Å². The van der Waals surface area contributed by atoms with Gasteiger partial charge in [-0.25, -0.2) is 4.79 Å². The van der Waals surface area contributed by atoms with E-state index in [1.54, 1.807) is 18.2 Å². The summed E-state index contributed by atoms with van der Waals surface area (Å²) in [5.74, 6) is -2.93. The highest BCUT2D eigenvalue weighted by Gasteiger charge is 2.47. The summed E-state index contributed by atoms with van der Waals surface area (Å²) in [7, 11) is 6.85. The maximum Gasteiger partial charge on any atom is 0.338 e. The lowest BCUT2D eigenvalue weighted by molar-refractivity contribution is -0.304. The third-order valence-corrected chi connectivity index (χ3v) is 9.61. The van der Waals surface area contributed by atoms with Crippen molar-refractivity contribution in [3.8, 4) is 46.0 Å². The first-order valence-corrected chi connectivity index (χ1v) is 16.3. The molecule has 0 amide bonds. The van der Waals surface area contributed by atoms with Crippen molar-refractivity contribution in [3.63, 3.8) is 0 Å². The fourth-order valence-corrected chi connectivity index (χ4v) is 6.86. The zero-order valence-electron chi connectivity index (χ0n) is 29.2. The molecule has 1 fully saturated rings. The van der Waals surface area contributed by atoms with Gasteiger partial charge in [-0.3, -0.25) is 0 Å². The summed E-state index contributed by atoms with van der Waals surface area (Å²) < 4.78 is 44.3. The van der Waals surface area contributed by atoms with E-state index in [1.165, 1.54) is 53.7 Å². The zero-order chi connectivity index (χ0) is 37.9. The molecule has 0 bridgehead atoms. The molecule has 0 radical (unpaired) electrons. The molecule has 1 aliphatic carbocycles. The Labute approximate surface area is 299 Å². The predicted molar refractivity (Wildman–Crippen MR) is 180 cm³/mol. The molecule has 0 unspecified atom stereocenters. The number of fused-ring (bicyclic) bond motifs is 1. The molecule has 3 aromatic carbocycles. The summed E-state index contributed by atoms with van der Waals surface area (Å²) in [6.45, 7) is -1.09. The summed E-state index contributed by atoms with van der Waals surface area (Å²) >= 11 is 0. The third kappa shape index (κ3) is 7.30. The molecular weight excluding hydrogens is 688 g/mol. The summed E-state index contributed by atoms with van der Waals surface area (Å²) in [4.78, 5) is 12.8. The number of aliphatic hydroxyl groups excluding tert-OH is 4. The van der Waals surface area contributed by atoms with Gasteiger partial charge >= 0.3 is 5.97 Å². The van der Waals surface area contributed by atoms with E-state index in [0.717, 1.165) is 0 Å². The van der Waals surface area contributed by atoms with Crippen LogP contribution < -0.4 is 23.7 Å². The normalized spacial score (nSPS) is 25.5. The Morgan fingerprint density at radius 1 is 0.769 bits per heavy atom. The number of phenols is 3. The average Bonchev–Trinajstić information content (AvgIpc) is 3.15. The molecule has 0 spiro atoms. The first-order valence-electron chi connectivity index (χ1n) is 16.3. The minimum Gasteiger partial charge on any atom is -0.504 e. The van der Waals surface area contributed by atoms with Crippen molar-refractivity contribution in [2.24, 2.45) is 11.8 Å². The number of rotatable bonds is 13. The molecule has 0 saturated carbocycles. The van der Waals surface area contributed by atoms with E-state index < -0.39 is 61.0 Å². The van der Waals surface area contributed by atoms with E-state index >= 15 is 0 Å². The second-order valence-corrected chi connectivity index (χ2v) is 12.4. The highest BCUT2D eigenvalue weighted by Crippen LogP contribution is 2.54. The van der Waals surface area contributed by atoms with Gasteiger partial charge in [0.05, 0.1) is 47.7 Å². The van der Waals surface area contributed by atoms with Crippen LogP contribution >= 0.6 is 0 Å². The minimum atomic E-state index is -1.76. The van der Waals surface area contributed by atoms with E-state index in [1.807, 2.05) is 0 Å². The van der Waals surface area contributed by atoms with Crippen molar-refractivity contribution < 1.29 is 78.4 Å². The number of methoxy groups -OCH3 is 5. The SMILES string of the molecule is COc1cc(C(=O)OC[C@@H]2O[C@H](OC[C@@H]3[C@@H](CO)Cc4cc(OC)c(O)c(OC)c4[C@H]3c3cc(OC)c(O)c(OC)c3)[C@@H](O)[C@H](O)[C@H]2O)ccc1O. The van der Waals surface area contributed by atoms with Crippen LogP contribution in [0.4, 0.5) is 0 Å². The van der Waals surface area contributed by atoms with Crippen molar-refractivity contribution >= 4 is 5.97 Å². The smallest absolute Gasteiger partial charge is 0.338 e. The highest BCUT2D eigenvalue weighted by molar-refractivity contribution is 5.90. The van der Waals surface area contributed by atoms with Crippen LogP contribution in [0.1, 0.15) is 33.0 Å². The molecule has 1 aliphatic heterocycles. The number of phenolic OH excluding ortho intramolecular Hbond substituents is 3. The zero-order valence-corrected chi connectivity index (χ0v) is 29.2. The van der Waals surface area contributed by atoms with Crippen LogP contribution in [0.25, 0.3) is 0 Å². The molecule has 52 heavy (non-hydrogen) atoms. The largest absolute Gasteiger partial charge is 0.504 e. The summed E-state index contributed by atoms with van der Waals surface area (Å²) in [5.41, 5.74) is 1.79. The van der Waals surface area contributed by atoms with Gasteiger partial charge in [0.1, 0.15) is 31.0 Å². The summed E-state index contributed by atoms with van der Waals surface area (Å²) in [6.07, 6.45) is -7.75. The van der Waals surface area contributed by atoms with Gasteiger partial charge in [0.25, 0.3) is 0 Å². The first-order chi connectivity index (χ1) is 24.9. The fraction of sp³-hybridized carbons (Fsp3) is 0.472. The maximum absolute atomic E-state index is 12.8. The molecule has 7 N–H and O–H groups in total. The van der Waals surface area contributed by atoms with Gasteiger partial charge in [-0.1, -0.05) is 0 Å². The quantitative estimate of drug-likeness (QED) is 0.123. The number of esters is 1. The Morgan fingerprint density at radius 2 is 1.40 bits per heavy atom. The molecule has 16 nitrogen and oxygen atoms in total. The van der Waals surface area contributed by atoms with Gasteiger partial charge in [0.15, 0.2) is 40.8 Å². The lowest BCUT2D eigenvalue weighted by Gasteiger charge is -2.43. The van der Waals surface area contributed by atoms with E-state index in [-0.39, 0.29) is 71.2 Å². The summed E-state index contributed by atoms with van der Waals surface area (Å²) in [6, 6.07) is 8.64. The van der Waals surface area contributed by atoms with E-state index in [0.29, 0.717) is 16.7 Å². The van der Waals surface area contributed by atoms with Crippen LogP contribution in [0.2, 0.25) is 0 Å². The number of aromatic hydroxyl groups is 3. The maximum atomic E-state index is 12.8. The second kappa shape index (κ2) is 16.3. The molecule has 2 aliphatic rings. The number of carbonyl (C=O) groups excluding carboxylic acids is 1. The molecular formula is C36H44O16. The average molecular weight is 733 g/mol. The van der Waals surface area contributed by atoms with Crippen LogP contribution in [0.5, 0.6) is 46.0 Å². The third-order valence-electron chi connectivity index (χ3n) is 9.61. The van der Waals surface area contributed by atoms with Crippen molar-refractivity contribution in [1.29, 1.82) is 0 Å². The Kier molecular flexibility index (Phi) is 12.1. The van der Waals surface area contributed by atoms with Crippen LogP contribution in [0.15, 0.2) is 36.4 Å². The Morgan fingerprint density at radius 3 is 2.00 bits per heavy atom. The Balaban J connectivity index is 1.46. The highest BCUT2D eigenvalue weighted by atomic mass is 16.7. The lowest BCUT2D eigenvalue weighted by atomic mass is 9.66. The summed E-state index contributed by atoms with van der Waals surface area (Å²) in [5, 5.41) is 74.8. The van der Waals surface area contributed by atoms with Gasteiger partial charge < -0.3 is 73.6 Å². The monoisotopic (exact) mass is 732 g/mol. The molecule has 284 valence electrons. The second-order valence-electron chi connectivity index (χ2n) is 12.4. The molecule has 16 heteroatoms. The van der Waals surface area contributed by atoms with Gasteiger partial charge in [-0.05, 0) is 65.8 Å². The number of ether oxygens (including phenoxy) is 8. The molecule has 1 saturated heterocycles. The first kappa shape index (κ1) is 38.5. The van der Waals surface area contributed by atoms with Gasteiger partial charge in [-0.2, -0.15) is 0 Å². The molecule has 0 aromatic heterocycles. The number of aliphatic hydroxyl groups is 4. The van der Waals surface area contributed by atoms with Crippen LogP contribution in [-0.4, -0.2) is 128 Å². The number of hydrogen-bond donors (Lipinski definition) is 7. The van der Waals surface area contributed by atoms with Gasteiger partial charge in [0, 0.05) is 18.1 Å². The van der Waals surface area contributed by atoms with Crippen molar-refractivity contribution in [2.45, 2.75) is 43.0 Å². The Hall–Kier alpha value is -4.71. The lowest BCUT2D eigenvalue weighted by Crippen LogP contribution is -2.59. The molecule has 3 aromatic rings. The number of benzene rings is 3. The standard InChI is InChI=1S/C36H44O16/c1-45-22-9-16(6-7-21(22)38)35(44)50-15-26-30(40)32(42)33(43)36(52-26)51-14-20-19(13-37)8-17-10-25(48-4)31(41)34(49-5)28(17)27(20)18-11-23(46-2)29(39)24(12-18)47-3/h6-7,9-12,19-20,26-27,30,32-33,36-43H,8,13-15H2,1-5H3/t19-,20-,26+,27+,30+,32-,33+,36+/m1/s1. The van der Waals surface area contributed by atoms with Crippen molar-refractivity contribution in [1.82, 2.24) is 0 Å². The van der Waals surface area contributed by atoms with Crippen molar-refractivity contribution in [3.05, 3.63) is 58.7 Å². The molecule has 5 rings (SSSR count). The van der Waals surface area contributed by atoms with E-state index in [4.69, 9.17) is 37.9 Å². The molecule has 8 atom stereocenters. The van der Waals surface area contributed by atoms with Crippen molar-refractivity contribution in [2.75, 3.05) is 55.4 Å². The predicted octanol–water partition coefficient (Wildman–Crippen LogP) is 1.44.